The van der Waals surface area contributed by atoms with Crippen molar-refractivity contribution in [2.75, 3.05) is 20.1 Å². The van der Waals surface area contributed by atoms with E-state index in [2.05, 4.69) is 0 Å². The average molecular weight is 322 g/mol. The van der Waals surface area contributed by atoms with Gasteiger partial charge in [-0.15, -0.1) is 0 Å². The van der Waals surface area contributed by atoms with Gasteiger partial charge in [0.2, 0.25) is 5.91 Å². The lowest BCUT2D eigenvalue weighted by molar-refractivity contribution is -0.144. The van der Waals surface area contributed by atoms with E-state index in [1.54, 1.807) is 24.1 Å². The molecule has 0 aliphatic carbocycles. The number of aliphatic carboxylic acids is 1. The summed E-state index contributed by atoms with van der Waals surface area (Å²) in [6, 6.07) is 5.91. The zero-order chi connectivity index (χ0) is 17.0. The van der Waals surface area contributed by atoms with E-state index in [0.29, 0.717) is 32.5 Å². The number of benzene rings is 1. The van der Waals surface area contributed by atoms with Crippen LogP contribution in [0.3, 0.4) is 0 Å². The van der Waals surface area contributed by atoms with Crippen LogP contribution >= 0.6 is 0 Å². The molecule has 1 heterocycles. The van der Waals surface area contributed by atoms with Gasteiger partial charge in [0.05, 0.1) is 12.0 Å². The van der Waals surface area contributed by atoms with E-state index in [9.17, 15) is 14.0 Å². The van der Waals surface area contributed by atoms with Crippen LogP contribution in [0.2, 0.25) is 0 Å². The molecule has 1 aliphatic heterocycles. The second kappa shape index (κ2) is 7.55. The maximum Gasteiger partial charge on any atom is 0.306 e. The highest BCUT2D eigenvalue weighted by Crippen LogP contribution is 2.20. The number of amides is 1. The lowest BCUT2D eigenvalue weighted by Crippen LogP contribution is -2.49. The average Bonchev–Trinajstić information content (AvgIpc) is 2.53. The molecule has 1 unspecified atom stereocenters. The zero-order valence-electron chi connectivity index (χ0n) is 13.5. The quantitative estimate of drug-likeness (QED) is 0.900. The highest BCUT2D eigenvalue weighted by Gasteiger charge is 2.30. The minimum Gasteiger partial charge on any atom is -0.481 e. The molecule has 6 heteroatoms. The van der Waals surface area contributed by atoms with Crippen LogP contribution in [0, 0.1) is 11.7 Å². The van der Waals surface area contributed by atoms with Crippen molar-refractivity contribution in [3.8, 4) is 0 Å². The van der Waals surface area contributed by atoms with Gasteiger partial charge < -0.3 is 10.0 Å². The van der Waals surface area contributed by atoms with Crippen molar-refractivity contribution in [1.29, 1.82) is 0 Å². The van der Waals surface area contributed by atoms with Gasteiger partial charge in [-0.2, -0.15) is 0 Å². The van der Waals surface area contributed by atoms with Crippen LogP contribution < -0.4 is 0 Å². The molecule has 0 saturated carbocycles. The van der Waals surface area contributed by atoms with Gasteiger partial charge in [0.1, 0.15) is 5.82 Å². The Kier molecular flexibility index (Phi) is 5.71. The SMILES string of the molecule is CC(C(=O)N(C)Cc1cccc(F)c1)N1CCC(C(=O)O)CC1. The van der Waals surface area contributed by atoms with Crippen molar-refractivity contribution >= 4 is 11.9 Å². The van der Waals surface area contributed by atoms with Crippen molar-refractivity contribution in [2.24, 2.45) is 5.92 Å². The molecule has 0 spiro atoms. The lowest BCUT2D eigenvalue weighted by Gasteiger charge is -2.35. The van der Waals surface area contributed by atoms with E-state index < -0.39 is 5.97 Å². The zero-order valence-corrected chi connectivity index (χ0v) is 13.5. The summed E-state index contributed by atoms with van der Waals surface area (Å²) in [6.45, 7) is 3.41. The molecule has 1 N–H and O–H groups in total. The number of halogens is 1. The first-order chi connectivity index (χ1) is 10.9. The van der Waals surface area contributed by atoms with E-state index in [4.69, 9.17) is 5.11 Å². The Morgan fingerprint density at radius 1 is 1.39 bits per heavy atom. The lowest BCUT2D eigenvalue weighted by atomic mass is 9.96. The summed E-state index contributed by atoms with van der Waals surface area (Å²) in [4.78, 5) is 27.1. The number of hydrogen-bond donors (Lipinski definition) is 1. The molecule has 1 aromatic carbocycles. The number of nitrogens with zero attached hydrogens (tertiary/aromatic N) is 2. The van der Waals surface area contributed by atoms with Gasteiger partial charge in [-0.3, -0.25) is 14.5 Å². The molecule has 23 heavy (non-hydrogen) atoms. The molecule has 0 aromatic heterocycles. The minimum absolute atomic E-state index is 0.0389. The number of likely N-dealkylation sites (N-methyl/N-ethyl adjacent to an activating group) is 1. The summed E-state index contributed by atoms with van der Waals surface area (Å²) in [7, 11) is 1.70. The third kappa shape index (κ3) is 4.51. The summed E-state index contributed by atoms with van der Waals surface area (Å²) >= 11 is 0. The number of carbonyl (C=O) groups is 2. The Hall–Kier alpha value is -1.95. The second-order valence-corrected chi connectivity index (χ2v) is 6.15. The molecule has 1 fully saturated rings. The topological polar surface area (TPSA) is 60.9 Å². The van der Waals surface area contributed by atoms with Gasteiger partial charge >= 0.3 is 5.97 Å². The van der Waals surface area contributed by atoms with E-state index in [1.165, 1.54) is 12.1 Å². The smallest absolute Gasteiger partial charge is 0.306 e. The molecule has 5 nitrogen and oxygen atoms in total. The van der Waals surface area contributed by atoms with Crippen LogP contribution in [0.4, 0.5) is 4.39 Å². The largest absolute Gasteiger partial charge is 0.481 e. The Bertz CT molecular complexity index is 571. The summed E-state index contributed by atoms with van der Waals surface area (Å²) in [5, 5.41) is 9.02. The highest BCUT2D eigenvalue weighted by atomic mass is 19.1. The Balaban J connectivity index is 1.90. The fourth-order valence-electron chi connectivity index (χ4n) is 3.00. The van der Waals surface area contributed by atoms with E-state index in [0.717, 1.165) is 5.56 Å². The van der Waals surface area contributed by atoms with Crippen LogP contribution in [0.1, 0.15) is 25.3 Å². The number of carboxylic acids is 1. The third-order valence-corrected chi connectivity index (χ3v) is 4.47. The molecular formula is C17H23FN2O3. The fraction of sp³-hybridized carbons (Fsp3) is 0.529. The summed E-state index contributed by atoms with van der Waals surface area (Å²) in [5.41, 5.74) is 0.748. The fourth-order valence-corrected chi connectivity index (χ4v) is 3.00. The molecule has 1 amide bonds. The van der Waals surface area contributed by atoms with Gasteiger partial charge in [0.15, 0.2) is 0 Å². The van der Waals surface area contributed by atoms with Gasteiger partial charge in [-0.25, -0.2) is 4.39 Å². The first kappa shape index (κ1) is 17.4. The van der Waals surface area contributed by atoms with Gasteiger partial charge in [-0.1, -0.05) is 12.1 Å². The first-order valence-electron chi connectivity index (χ1n) is 7.84. The number of hydrogen-bond acceptors (Lipinski definition) is 3. The van der Waals surface area contributed by atoms with Crippen molar-refractivity contribution in [3.63, 3.8) is 0 Å². The maximum atomic E-state index is 13.2. The predicted octanol–water partition coefficient (Wildman–Crippen LogP) is 1.97. The van der Waals surface area contributed by atoms with Crippen LogP contribution in [0.15, 0.2) is 24.3 Å². The summed E-state index contributed by atoms with van der Waals surface area (Å²) in [6.07, 6.45) is 1.14. The molecule has 126 valence electrons. The molecule has 1 aliphatic rings. The molecule has 1 aromatic rings. The number of piperidine rings is 1. The van der Waals surface area contributed by atoms with E-state index in [-0.39, 0.29) is 23.7 Å². The number of carbonyl (C=O) groups excluding carboxylic acids is 1. The van der Waals surface area contributed by atoms with E-state index >= 15 is 0 Å². The molecule has 0 radical (unpaired) electrons. The molecular weight excluding hydrogens is 299 g/mol. The molecule has 1 saturated heterocycles. The van der Waals surface area contributed by atoms with E-state index in [1.807, 2.05) is 11.8 Å². The first-order valence-corrected chi connectivity index (χ1v) is 7.84. The van der Waals surface area contributed by atoms with Crippen molar-refractivity contribution in [2.45, 2.75) is 32.4 Å². The summed E-state index contributed by atoms with van der Waals surface area (Å²) in [5.74, 6) is -1.42. The minimum atomic E-state index is -0.758. The number of rotatable bonds is 5. The molecule has 0 bridgehead atoms. The highest BCUT2D eigenvalue weighted by molar-refractivity contribution is 5.81. The predicted molar refractivity (Wildman–Crippen MR) is 84.3 cm³/mol. The van der Waals surface area contributed by atoms with Crippen molar-refractivity contribution in [3.05, 3.63) is 35.6 Å². The Morgan fingerprint density at radius 2 is 2.04 bits per heavy atom. The van der Waals surface area contributed by atoms with Crippen molar-refractivity contribution in [1.82, 2.24) is 9.80 Å². The number of carboxylic acid groups (broad SMARTS) is 1. The van der Waals surface area contributed by atoms with Crippen LogP contribution in [0.5, 0.6) is 0 Å². The van der Waals surface area contributed by atoms with Gasteiger partial charge in [0, 0.05) is 13.6 Å². The normalized spacial score (nSPS) is 17.7. The third-order valence-electron chi connectivity index (χ3n) is 4.47. The Labute approximate surface area is 135 Å². The molecule has 2 rings (SSSR count). The monoisotopic (exact) mass is 322 g/mol. The Morgan fingerprint density at radius 3 is 2.61 bits per heavy atom. The second-order valence-electron chi connectivity index (χ2n) is 6.15. The summed E-state index contributed by atoms with van der Waals surface area (Å²) < 4.78 is 13.2. The number of likely N-dealkylation sites (tertiary alicyclic amines) is 1. The maximum absolute atomic E-state index is 13.2. The standard InChI is InChI=1S/C17H23FN2O3/c1-12(20-8-6-14(7-9-20)17(22)23)16(21)19(2)11-13-4-3-5-15(18)10-13/h3-5,10,12,14H,6-9,11H2,1-2H3,(H,22,23). The van der Waals surface area contributed by atoms with Crippen molar-refractivity contribution < 1.29 is 19.1 Å². The van der Waals surface area contributed by atoms with Crippen LogP contribution in [-0.2, 0) is 16.1 Å². The van der Waals surface area contributed by atoms with Crippen LogP contribution in [0.25, 0.3) is 0 Å². The molecule has 1 atom stereocenters. The van der Waals surface area contributed by atoms with Gasteiger partial charge in [-0.05, 0) is 50.6 Å². The van der Waals surface area contributed by atoms with Crippen LogP contribution in [-0.4, -0.2) is 53.0 Å². The van der Waals surface area contributed by atoms with Gasteiger partial charge in [0.25, 0.3) is 0 Å².